The quantitative estimate of drug-likeness (QED) is 0.803. The molecule has 2 aromatic carbocycles. The summed E-state index contributed by atoms with van der Waals surface area (Å²) in [5.74, 6) is -0.201. The van der Waals surface area contributed by atoms with Crippen molar-refractivity contribution in [2.75, 3.05) is 0 Å². The molecule has 2 nitrogen and oxygen atoms in total. The van der Waals surface area contributed by atoms with Gasteiger partial charge >= 0.3 is 0 Å². The second-order valence-electron chi connectivity index (χ2n) is 4.30. The van der Waals surface area contributed by atoms with Crippen LogP contribution in [0.2, 0.25) is 0 Å². The van der Waals surface area contributed by atoms with Crippen molar-refractivity contribution >= 4 is 39.3 Å². The summed E-state index contributed by atoms with van der Waals surface area (Å²) < 4.78 is 0.979. The van der Waals surface area contributed by atoms with E-state index in [-0.39, 0.29) is 11.6 Å². The van der Waals surface area contributed by atoms with Gasteiger partial charge in [-0.15, -0.1) is 0 Å². The summed E-state index contributed by atoms with van der Waals surface area (Å²) in [6.07, 6.45) is 1.43. The molecule has 0 radical (unpaired) electrons. The van der Waals surface area contributed by atoms with E-state index in [1.54, 1.807) is 24.3 Å². The molecule has 0 saturated carbocycles. The maximum Gasteiger partial charge on any atom is 0.200 e. The van der Waals surface area contributed by atoms with E-state index in [0.717, 1.165) is 9.37 Å². The fourth-order valence-corrected chi connectivity index (χ4v) is 3.16. The Morgan fingerprint density at radius 1 is 0.850 bits per heavy atom. The van der Waals surface area contributed by atoms with Crippen molar-refractivity contribution in [1.82, 2.24) is 0 Å². The molecule has 0 saturated heterocycles. The van der Waals surface area contributed by atoms with Crippen LogP contribution in [0.1, 0.15) is 20.7 Å². The van der Waals surface area contributed by atoms with Gasteiger partial charge in [0.2, 0.25) is 5.78 Å². The van der Waals surface area contributed by atoms with E-state index in [4.69, 9.17) is 0 Å². The van der Waals surface area contributed by atoms with Crippen LogP contribution in [0.15, 0.2) is 68.9 Å². The van der Waals surface area contributed by atoms with Gasteiger partial charge in [0.05, 0.1) is 4.91 Å². The maximum absolute atomic E-state index is 12.4. The zero-order valence-corrected chi connectivity index (χ0v) is 12.7. The summed E-state index contributed by atoms with van der Waals surface area (Å²) >= 11 is 4.69. The van der Waals surface area contributed by atoms with Gasteiger partial charge in [0.1, 0.15) is 0 Å². The smallest absolute Gasteiger partial charge is 0.200 e. The third kappa shape index (κ3) is 2.49. The molecular weight excluding hydrogens is 336 g/mol. The van der Waals surface area contributed by atoms with E-state index in [2.05, 4.69) is 15.9 Å². The average molecular weight is 345 g/mol. The third-order valence-electron chi connectivity index (χ3n) is 2.96. The number of ketones is 2. The Hall–Kier alpha value is -1.65. The topological polar surface area (TPSA) is 34.1 Å². The van der Waals surface area contributed by atoms with E-state index >= 15 is 0 Å². The minimum atomic E-state index is -0.111. The number of carbonyl (C=O) groups is 2. The van der Waals surface area contributed by atoms with E-state index < -0.39 is 0 Å². The molecule has 3 rings (SSSR count). The van der Waals surface area contributed by atoms with Gasteiger partial charge < -0.3 is 0 Å². The van der Waals surface area contributed by atoms with E-state index in [9.17, 15) is 9.59 Å². The number of halogens is 1. The van der Waals surface area contributed by atoms with Crippen LogP contribution in [-0.4, -0.2) is 11.6 Å². The fraction of sp³-hybridized carbons (Fsp3) is 0. The van der Waals surface area contributed by atoms with Crippen LogP contribution in [0.25, 0.3) is 0 Å². The first kappa shape index (κ1) is 13.3. The van der Waals surface area contributed by atoms with Crippen LogP contribution in [0.3, 0.4) is 0 Å². The first-order valence-corrected chi connectivity index (χ1v) is 7.59. The van der Waals surface area contributed by atoms with Gasteiger partial charge in [-0.25, -0.2) is 0 Å². The number of thioether (sulfide) groups is 1. The van der Waals surface area contributed by atoms with Crippen LogP contribution in [-0.2, 0) is 0 Å². The molecule has 0 aliphatic heterocycles. The van der Waals surface area contributed by atoms with Crippen molar-refractivity contribution in [2.24, 2.45) is 0 Å². The zero-order chi connectivity index (χ0) is 14.1. The normalized spacial score (nSPS) is 13.9. The molecule has 20 heavy (non-hydrogen) atoms. The number of rotatable bonds is 2. The van der Waals surface area contributed by atoms with Gasteiger partial charge in [-0.2, -0.15) is 0 Å². The van der Waals surface area contributed by atoms with Crippen molar-refractivity contribution in [3.63, 3.8) is 0 Å². The van der Waals surface area contributed by atoms with Gasteiger partial charge in [0.25, 0.3) is 0 Å². The number of hydrogen-bond donors (Lipinski definition) is 0. The molecule has 0 atom stereocenters. The summed E-state index contributed by atoms with van der Waals surface area (Å²) in [5, 5.41) is 0. The van der Waals surface area contributed by atoms with Crippen molar-refractivity contribution in [3.05, 3.63) is 75.1 Å². The monoisotopic (exact) mass is 344 g/mol. The second kappa shape index (κ2) is 5.38. The van der Waals surface area contributed by atoms with Crippen molar-refractivity contribution in [2.45, 2.75) is 4.90 Å². The highest BCUT2D eigenvalue weighted by molar-refractivity contribution is 9.10. The Morgan fingerprint density at radius 2 is 1.50 bits per heavy atom. The van der Waals surface area contributed by atoms with Gasteiger partial charge in [0, 0.05) is 26.6 Å². The summed E-state index contributed by atoms with van der Waals surface area (Å²) in [6.45, 7) is 0. The van der Waals surface area contributed by atoms with Gasteiger partial charge in [0.15, 0.2) is 5.78 Å². The Kier molecular flexibility index (Phi) is 3.59. The lowest BCUT2D eigenvalue weighted by molar-refractivity contribution is 0.0991. The van der Waals surface area contributed by atoms with Crippen LogP contribution >= 0.6 is 27.7 Å². The lowest BCUT2D eigenvalue weighted by Gasteiger charge is -2.14. The Labute approximate surface area is 129 Å². The van der Waals surface area contributed by atoms with Crippen molar-refractivity contribution < 1.29 is 9.59 Å². The molecule has 0 N–H and O–H groups in total. The maximum atomic E-state index is 12.4. The molecule has 98 valence electrons. The molecule has 0 bridgehead atoms. The first-order chi connectivity index (χ1) is 9.65. The van der Waals surface area contributed by atoms with Crippen LogP contribution < -0.4 is 0 Å². The summed E-state index contributed by atoms with van der Waals surface area (Å²) in [5.41, 5.74) is 0.970. The van der Waals surface area contributed by atoms with Crippen LogP contribution in [0, 0.1) is 0 Å². The molecule has 4 heteroatoms. The van der Waals surface area contributed by atoms with E-state index in [1.165, 1.54) is 17.8 Å². The first-order valence-electron chi connectivity index (χ1n) is 5.98. The van der Waals surface area contributed by atoms with Gasteiger partial charge in [-0.3, -0.25) is 9.59 Å². The average Bonchev–Trinajstić information content (AvgIpc) is 2.47. The highest BCUT2D eigenvalue weighted by Crippen LogP contribution is 2.33. The summed E-state index contributed by atoms with van der Waals surface area (Å²) in [4.78, 5) is 25.8. The molecule has 0 spiro atoms. The molecule has 0 aromatic heterocycles. The molecule has 1 aliphatic carbocycles. The van der Waals surface area contributed by atoms with Crippen molar-refractivity contribution in [1.29, 1.82) is 0 Å². The zero-order valence-electron chi connectivity index (χ0n) is 10.3. The Bertz CT molecular complexity index is 732. The van der Waals surface area contributed by atoms with Gasteiger partial charge in [-0.05, 0) is 24.3 Å². The second-order valence-corrected chi connectivity index (χ2v) is 6.33. The summed E-state index contributed by atoms with van der Waals surface area (Å²) in [6, 6.07) is 14.6. The molecule has 1 aliphatic rings. The minimum absolute atomic E-state index is 0.0897. The lowest BCUT2D eigenvalue weighted by Crippen LogP contribution is -2.15. The molecule has 0 heterocycles. The predicted octanol–water partition coefficient (Wildman–Crippen LogP) is 4.50. The summed E-state index contributed by atoms with van der Waals surface area (Å²) in [7, 11) is 0. The molecule has 0 unspecified atom stereocenters. The SMILES string of the molecule is O=C1C=C(Sc2ccc(Br)cc2)C(=O)c2ccccc21. The van der Waals surface area contributed by atoms with E-state index in [1.807, 2.05) is 24.3 Å². The lowest BCUT2D eigenvalue weighted by atomic mass is 9.95. The number of benzene rings is 2. The number of allylic oxidation sites excluding steroid dienone is 2. The molecule has 0 amide bonds. The number of carbonyl (C=O) groups excluding carboxylic acids is 2. The molecular formula is C16H9BrO2S. The molecule has 2 aromatic rings. The fourth-order valence-electron chi connectivity index (χ4n) is 2.00. The highest BCUT2D eigenvalue weighted by atomic mass is 79.9. The number of fused-ring (bicyclic) bond motifs is 1. The molecule has 0 fully saturated rings. The number of hydrogen-bond acceptors (Lipinski definition) is 3. The van der Waals surface area contributed by atoms with Crippen molar-refractivity contribution in [3.8, 4) is 0 Å². The Morgan fingerprint density at radius 3 is 2.20 bits per heavy atom. The Balaban J connectivity index is 1.94. The standard InChI is InChI=1S/C16H9BrO2S/c17-10-5-7-11(8-6-10)20-15-9-14(18)12-3-1-2-4-13(12)16(15)19/h1-9H. The highest BCUT2D eigenvalue weighted by Gasteiger charge is 2.25. The largest absolute Gasteiger partial charge is 0.289 e. The van der Waals surface area contributed by atoms with Gasteiger partial charge in [-0.1, -0.05) is 52.0 Å². The van der Waals surface area contributed by atoms with Crippen LogP contribution in [0.5, 0.6) is 0 Å². The van der Waals surface area contributed by atoms with E-state index in [0.29, 0.717) is 16.0 Å². The number of Topliss-reactive ketones (excluding diaryl/α,β-unsaturated/α-hetero) is 1. The third-order valence-corrected chi connectivity index (χ3v) is 4.52. The minimum Gasteiger partial charge on any atom is -0.289 e. The van der Waals surface area contributed by atoms with Crippen LogP contribution in [0.4, 0.5) is 0 Å². The predicted molar refractivity (Wildman–Crippen MR) is 83.2 cm³/mol.